The van der Waals surface area contributed by atoms with Gasteiger partial charge in [-0.2, -0.15) is 0 Å². The molecule has 29 heavy (non-hydrogen) atoms. The SMILES string of the molecule is Cl.Cl.NC(C(=O)NCc1cccc(OCCN2CCOCC2)c1)c1ccccc1. The fraction of sp³-hybridized carbons (Fsp3) is 0.381. The van der Waals surface area contributed by atoms with E-state index in [1.54, 1.807) is 0 Å². The van der Waals surface area contributed by atoms with Crippen LogP contribution in [0, 0.1) is 0 Å². The molecule has 2 aromatic rings. The van der Waals surface area contributed by atoms with Crippen molar-refractivity contribution in [2.75, 3.05) is 39.5 Å². The average molecular weight is 442 g/mol. The second-order valence-corrected chi connectivity index (χ2v) is 6.56. The maximum absolute atomic E-state index is 12.3. The Morgan fingerprint density at radius 1 is 1.10 bits per heavy atom. The summed E-state index contributed by atoms with van der Waals surface area (Å²) in [4.78, 5) is 14.6. The van der Waals surface area contributed by atoms with Crippen molar-refractivity contribution in [2.45, 2.75) is 12.6 Å². The lowest BCUT2D eigenvalue weighted by Crippen LogP contribution is -2.38. The molecule has 2 aromatic carbocycles. The first-order chi connectivity index (χ1) is 13.2. The van der Waals surface area contributed by atoms with Gasteiger partial charge in [-0.25, -0.2) is 0 Å². The summed E-state index contributed by atoms with van der Waals surface area (Å²) in [6.07, 6.45) is 0. The van der Waals surface area contributed by atoms with E-state index >= 15 is 0 Å². The van der Waals surface area contributed by atoms with Crippen LogP contribution in [-0.4, -0.2) is 50.3 Å². The van der Waals surface area contributed by atoms with Crippen LogP contribution in [0.2, 0.25) is 0 Å². The largest absolute Gasteiger partial charge is 0.492 e. The van der Waals surface area contributed by atoms with Crippen molar-refractivity contribution in [3.63, 3.8) is 0 Å². The molecule has 6 nitrogen and oxygen atoms in total. The number of carbonyl (C=O) groups is 1. The maximum atomic E-state index is 12.3. The Morgan fingerprint density at radius 3 is 2.55 bits per heavy atom. The van der Waals surface area contributed by atoms with Gasteiger partial charge in [-0.3, -0.25) is 9.69 Å². The van der Waals surface area contributed by atoms with Gasteiger partial charge in [0.2, 0.25) is 5.91 Å². The zero-order valence-electron chi connectivity index (χ0n) is 16.3. The quantitative estimate of drug-likeness (QED) is 0.657. The number of rotatable bonds is 8. The van der Waals surface area contributed by atoms with Crippen molar-refractivity contribution in [1.29, 1.82) is 0 Å². The summed E-state index contributed by atoms with van der Waals surface area (Å²) in [6, 6.07) is 16.5. The Kier molecular flexibility index (Phi) is 11.7. The molecule has 1 heterocycles. The minimum Gasteiger partial charge on any atom is -0.492 e. The van der Waals surface area contributed by atoms with Crippen molar-refractivity contribution < 1.29 is 14.3 Å². The maximum Gasteiger partial charge on any atom is 0.241 e. The molecule has 0 aromatic heterocycles. The van der Waals surface area contributed by atoms with Crippen molar-refractivity contribution >= 4 is 30.7 Å². The van der Waals surface area contributed by atoms with Gasteiger partial charge in [0.15, 0.2) is 0 Å². The van der Waals surface area contributed by atoms with Crippen LogP contribution in [0.5, 0.6) is 5.75 Å². The first-order valence-electron chi connectivity index (χ1n) is 9.32. The van der Waals surface area contributed by atoms with Gasteiger partial charge >= 0.3 is 0 Å². The van der Waals surface area contributed by atoms with Crippen LogP contribution in [-0.2, 0) is 16.1 Å². The molecule has 0 saturated carbocycles. The van der Waals surface area contributed by atoms with Crippen molar-refractivity contribution in [3.8, 4) is 5.75 Å². The van der Waals surface area contributed by atoms with Crippen molar-refractivity contribution in [3.05, 3.63) is 65.7 Å². The summed E-state index contributed by atoms with van der Waals surface area (Å²) < 4.78 is 11.2. The number of benzene rings is 2. The number of morpholine rings is 1. The summed E-state index contributed by atoms with van der Waals surface area (Å²) in [7, 11) is 0. The molecule has 0 aliphatic carbocycles. The van der Waals surface area contributed by atoms with Crippen LogP contribution in [0.1, 0.15) is 17.2 Å². The minimum atomic E-state index is -0.667. The zero-order valence-corrected chi connectivity index (χ0v) is 17.9. The summed E-state index contributed by atoms with van der Waals surface area (Å²) in [6.45, 7) is 5.43. The monoisotopic (exact) mass is 441 g/mol. The molecule has 1 fully saturated rings. The summed E-state index contributed by atoms with van der Waals surface area (Å²) in [5, 5.41) is 2.89. The molecule has 1 saturated heterocycles. The van der Waals surface area contributed by atoms with Gasteiger partial charge < -0.3 is 20.5 Å². The first kappa shape index (κ1) is 25.2. The van der Waals surface area contributed by atoms with E-state index < -0.39 is 6.04 Å². The van der Waals surface area contributed by atoms with E-state index in [9.17, 15) is 4.79 Å². The predicted molar refractivity (Wildman–Crippen MR) is 119 cm³/mol. The van der Waals surface area contributed by atoms with Gasteiger partial charge in [0, 0.05) is 26.2 Å². The highest BCUT2D eigenvalue weighted by molar-refractivity contribution is 5.85. The molecule has 3 rings (SSSR count). The highest BCUT2D eigenvalue weighted by atomic mass is 35.5. The molecule has 0 spiro atoms. The number of amides is 1. The highest BCUT2D eigenvalue weighted by Crippen LogP contribution is 2.14. The summed E-state index contributed by atoms with van der Waals surface area (Å²) in [5.74, 6) is 0.613. The van der Waals surface area contributed by atoms with E-state index in [1.807, 2.05) is 54.6 Å². The summed E-state index contributed by atoms with van der Waals surface area (Å²) >= 11 is 0. The normalized spacial score (nSPS) is 14.8. The van der Waals surface area contributed by atoms with Gasteiger partial charge in [-0.15, -0.1) is 24.8 Å². The molecule has 3 N–H and O–H groups in total. The Balaban J connectivity index is 0.00000210. The Hall–Kier alpha value is -1.83. The zero-order chi connectivity index (χ0) is 18.9. The van der Waals surface area contributed by atoms with E-state index in [1.165, 1.54) is 0 Å². The topological polar surface area (TPSA) is 76.8 Å². The lowest BCUT2D eigenvalue weighted by molar-refractivity contribution is -0.122. The van der Waals surface area contributed by atoms with Crippen LogP contribution < -0.4 is 15.8 Å². The molecule has 0 radical (unpaired) electrons. The van der Waals surface area contributed by atoms with Gasteiger partial charge in [-0.05, 0) is 23.3 Å². The Labute approximate surface area is 184 Å². The molecule has 0 bridgehead atoms. The fourth-order valence-corrected chi connectivity index (χ4v) is 2.97. The predicted octanol–water partition coefficient (Wildman–Crippen LogP) is 2.56. The lowest BCUT2D eigenvalue weighted by atomic mass is 10.1. The van der Waals surface area contributed by atoms with E-state index in [4.69, 9.17) is 15.2 Å². The molecule has 1 aliphatic heterocycles. The number of carbonyl (C=O) groups excluding carboxylic acids is 1. The van der Waals surface area contributed by atoms with Crippen molar-refractivity contribution in [1.82, 2.24) is 10.2 Å². The first-order valence-corrected chi connectivity index (χ1v) is 9.32. The van der Waals surface area contributed by atoms with Crippen LogP contribution >= 0.6 is 24.8 Å². The number of nitrogens with one attached hydrogen (secondary N) is 1. The standard InChI is InChI=1S/C21H27N3O3.2ClH/c22-20(18-6-2-1-3-7-18)21(25)23-16-17-5-4-8-19(15-17)27-14-11-24-9-12-26-13-10-24;;/h1-8,15,20H,9-14,16,22H2,(H,23,25);2*1H. The number of halogens is 2. The molecular formula is C21H29Cl2N3O3. The van der Waals surface area contributed by atoms with Gasteiger partial charge in [-0.1, -0.05) is 42.5 Å². The van der Waals surface area contributed by atoms with Crippen LogP contribution in [0.25, 0.3) is 0 Å². The van der Waals surface area contributed by atoms with E-state index in [-0.39, 0.29) is 30.7 Å². The van der Waals surface area contributed by atoms with E-state index in [0.717, 1.165) is 49.7 Å². The Morgan fingerprint density at radius 2 is 1.83 bits per heavy atom. The highest BCUT2D eigenvalue weighted by Gasteiger charge is 2.15. The molecule has 160 valence electrons. The molecule has 8 heteroatoms. The van der Waals surface area contributed by atoms with Gasteiger partial charge in [0.1, 0.15) is 18.4 Å². The Bertz CT molecular complexity index is 728. The lowest BCUT2D eigenvalue weighted by Gasteiger charge is -2.26. The summed E-state index contributed by atoms with van der Waals surface area (Å²) in [5.41, 5.74) is 7.80. The fourth-order valence-electron chi connectivity index (χ4n) is 2.97. The third kappa shape index (κ3) is 8.20. The molecule has 1 amide bonds. The molecular weight excluding hydrogens is 413 g/mol. The number of nitrogens with zero attached hydrogens (tertiary/aromatic N) is 1. The second kappa shape index (κ2) is 13.4. The van der Waals surface area contributed by atoms with Gasteiger partial charge in [0.25, 0.3) is 0 Å². The minimum absolute atomic E-state index is 0. The third-order valence-electron chi connectivity index (χ3n) is 4.59. The third-order valence-corrected chi connectivity index (χ3v) is 4.59. The number of nitrogens with two attached hydrogens (primary N) is 1. The van der Waals surface area contributed by atoms with E-state index in [2.05, 4.69) is 10.2 Å². The van der Waals surface area contributed by atoms with Crippen molar-refractivity contribution in [2.24, 2.45) is 5.73 Å². The van der Waals surface area contributed by atoms with Crippen LogP contribution in [0.3, 0.4) is 0 Å². The second-order valence-electron chi connectivity index (χ2n) is 6.56. The van der Waals surface area contributed by atoms with E-state index in [0.29, 0.717) is 13.2 Å². The average Bonchev–Trinajstić information content (AvgIpc) is 2.73. The molecule has 1 atom stereocenters. The molecule has 1 unspecified atom stereocenters. The number of ether oxygens (including phenoxy) is 2. The van der Waals surface area contributed by atoms with Gasteiger partial charge in [0.05, 0.1) is 13.2 Å². The molecule has 1 aliphatic rings. The van der Waals surface area contributed by atoms with Crippen LogP contribution in [0.15, 0.2) is 54.6 Å². The number of hydrogen-bond donors (Lipinski definition) is 2. The number of hydrogen-bond acceptors (Lipinski definition) is 5. The van der Waals surface area contributed by atoms with Crippen LogP contribution in [0.4, 0.5) is 0 Å². The smallest absolute Gasteiger partial charge is 0.241 e.